The van der Waals surface area contributed by atoms with Gasteiger partial charge in [0.15, 0.2) is 17.1 Å². The number of esters is 1. The molecule has 2 aromatic rings. The zero-order chi connectivity index (χ0) is 17.0. The first kappa shape index (κ1) is 16.6. The number of rotatable bonds is 6. The molecular weight excluding hydrogens is 305 g/mol. The molecule has 0 fully saturated rings. The fraction of sp³-hybridized carbons (Fsp3) is 0.429. The third-order valence-corrected chi connectivity index (χ3v) is 3.38. The first-order chi connectivity index (χ1) is 10.9. The lowest BCUT2D eigenvalue weighted by Gasteiger charge is -2.26. The number of methoxy groups -OCH3 is 1. The van der Waals surface area contributed by atoms with Crippen LogP contribution in [0.4, 0.5) is 10.2 Å². The topological polar surface area (TPSA) is 105 Å². The highest BCUT2D eigenvalue weighted by molar-refractivity contribution is 5.81. The molecule has 1 unspecified atom stereocenters. The maximum absolute atomic E-state index is 13.3. The minimum Gasteiger partial charge on any atom is -0.462 e. The van der Waals surface area contributed by atoms with Crippen molar-refractivity contribution in [3.8, 4) is 12.3 Å². The van der Waals surface area contributed by atoms with Gasteiger partial charge in [-0.15, -0.1) is 6.42 Å². The first-order valence-corrected chi connectivity index (χ1v) is 6.71. The first-order valence-electron chi connectivity index (χ1n) is 6.71. The Balaban J connectivity index is 2.21. The summed E-state index contributed by atoms with van der Waals surface area (Å²) in [6.45, 7) is 1.50. The molecular formula is C14H16FN5O3. The molecule has 0 saturated carbocycles. The van der Waals surface area contributed by atoms with E-state index in [0.29, 0.717) is 18.5 Å². The zero-order valence-electron chi connectivity index (χ0n) is 12.7. The molecule has 0 aliphatic heterocycles. The maximum Gasteiger partial charge on any atom is 0.312 e. The molecule has 8 nitrogen and oxygen atoms in total. The van der Waals surface area contributed by atoms with Crippen molar-refractivity contribution in [1.82, 2.24) is 19.5 Å². The van der Waals surface area contributed by atoms with Crippen LogP contribution in [0.25, 0.3) is 11.2 Å². The monoisotopic (exact) mass is 321 g/mol. The van der Waals surface area contributed by atoms with Crippen LogP contribution in [-0.4, -0.2) is 44.8 Å². The number of carbonyl (C=O) groups is 1. The van der Waals surface area contributed by atoms with Crippen molar-refractivity contribution in [3.63, 3.8) is 0 Å². The molecule has 0 saturated heterocycles. The number of anilines is 1. The molecule has 0 aliphatic carbocycles. The Morgan fingerprint density at radius 3 is 2.91 bits per heavy atom. The van der Waals surface area contributed by atoms with E-state index in [-0.39, 0.29) is 18.1 Å². The number of nitrogens with two attached hydrogens (primary N) is 1. The van der Waals surface area contributed by atoms with Crippen LogP contribution in [0.5, 0.6) is 0 Å². The van der Waals surface area contributed by atoms with Crippen molar-refractivity contribution in [2.45, 2.75) is 25.5 Å². The molecule has 9 heteroatoms. The van der Waals surface area contributed by atoms with E-state index in [1.54, 1.807) is 4.57 Å². The molecule has 0 bridgehead atoms. The zero-order valence-corrected chi connectivity index (χ0v) is 12.7. The van der Waals surface area contributed by atoms with Crippen molar-refractivity contribution >= 4 is 23.0 Å². The van der Waals surface area contributed by atoms with Crippen LogP contribution in [0.1, 0.15) is 13.3 Å². The van der Waals surface area contributed by atoms with Gasteiger partial charge in [0.05, 0.1) is 6.33 Å². The summed E-state index contributed by atoms with van der Waals surface area (Å²) >= 11 is 0. The number of aryl methyl sites for hydroxylation is 1. The van der Waals surface area contributed by atoms with Crippen LogP contribution >= 0.6 is 0 Å². The summed E-state index contributed by atoms with van der Waals surface area (Å²) in [6, 6.07) is 0. The number of terminal acetylenes is 1. The summed E-state index contributed by atoms with van der Waals surface area (Å²) in [6.07, 6.45) is 6.32. The molecule has 0 aliphatic rings. The third kappa shape index (κ3) is 3.54. The average molecular weight is 321 g/mol. The van der Waals surface area contributed by atoms with Gasteiger partial charge in [-0.2, -0.15) is 14.4 Å². The van der Waals surface area contributed by atoms with Gasteiger partial charge < -0.3 is 19.8 Å². The number of aromatic nitrogens is 4. The van der Waals surface area contributed by atoms with E-state index in [4.69, 9.17) is 21.6 Å². The van der Waals surface area contributed by atoms with Gasteiger partial charge >= 0.3 is 12.0 Å². The standard InChI is InChI=1S/C14H16FN5O3/c1-4-14(22-3,7-23-9(2)21)5-6-20-8-17-10-11(16)18-13(15)19-12(10)20/h1,8H,5-7H2,2-3H3,(H2,16,18,19). The van der Waals surface area contributed by atoms with Crippen LogP contribution in [0, 0.1) is 18.4 Å². The fourth-order valence-electron chi connectivity index (χ4n) is 2.03. The molecule has 0 spiro atoms. The van der Waals surface area contributed by atoms with E-state index in [1.165, 1.54) is 20.4 Å². The van der Waals surface area contributed by atoms with Crippen LogP contribution in [-0.2, 0) is 20.8 Å². The van der Waals surface area contributed by atoms with Gasteiger partial charge in [0.25, 0.3) is 0 Å². The lowest BCUT2D eigenvalue weighted by molar-refractivity contribution is -0.147. The molecule has 2 heterocycles. The smallest absolute Gasteiger partial charge is 0.312 e. The van der Waals surface area contributed by atoms with E-state index in [1.807, 2.05) is 0 Å². The Morgan fingerprint density at radius 1 is 1.57 bits per heavy atom. The van der Waals surface area contributed by atoms with Gasteiger partial charge in [-0.3, -0.25) is 4.79 Å². The lowest BCUT2D eigenvalue weighted by atomic mass is 10.0. The number of nitrogens with zero attached hydrogens (tertiary/aromatic N) is 4. The Kier molecular flexibility index (Phi) is 4.76. The summed E-state index contributed by atoms with van der Waals surface area (Å²) < 4.78 is 25.2. The minimum atomic E-state index is -1.10. The van der Waals surface area contributed by atoms with Crippen LogP contribution in [0.15, 0.2) is 6.33 Å². The van der Waals surface area contributed by atoms with Gasteiger partial charge in [-0.25, -0.2) is 4.98 Å². The van der Waals surface area contributed by atoms with Crippen molar-refractivity contribution in [3.05, 3.63) is 12.4 Å². The van der Waals surface area contributed by atoms with Crippen LogP contribution < -0.4 is 5.73 Å². The second kappa shape index (κ2) is 6.58. The summed E-state index contributed by atoms with van der Waals surface area (Å²) in [7, 11) is 1.43. The molecule has 2 aromatic heterocycles. The molecule has 2 rings (SSSR count). The molecule has 122 valence electrons. The highest BCUT2D eigenvalue weighted by Crippen LogP contribution is 2.20. The Morgan fingerprint density at radius 2 is 2.30 bits per heavy atom. The predicted octanol–water partition coefficient (Wildman–Crippen LogP) is 0.519. The van der Waals surface area contributed by atoms with Gasteiger partial charge in [-0.1, -0.05) is 5.92 Å². The van der Waals surface area contributed by atoms with Gasteiger partial charge in [0.1, 0.15) is 12.1 Å². The summed E-state index contributed by atoms with van der Waals surface area (Å²) in [4.78, 5) is 22.1. The number of fused-ring (bicyclic) bond motifs is 1. The SMILES string of the molecule is C#CC(CCn1cnc2c(N)nc(F)nc21)(COC(C)=O)OC. The number of hydrogen-bond donors (Lipinski definition) is 1. The lowest BCUT2D eigenvalue weighted by Crippen LogP contribution is -2.37. The normalized spacial score (nSPS) is 13.5. The van der Waals surface area contributed by atoms with E-state index in [2.05, 4.69) is 20.9 Å². The second-order valence-electron chi connectivity index (χ2n) is 4.86. The van der Waals surface area contributed by atoms with E-state index >= 15 is 0 Å². The molecule has 0 aromatic carbocycles. The van der Waals surface area contributed by atoms with Crippen LogP contribution in [0.3, 0.4) is 0 Å². The van der Waals surface area contributed by atoms with E-state index in [9.17, 15) is 9.18 Å². The van der Waals surface area contributed by atoms with Gasteiger partial charge in [0, 0.05) is 27.0 Å². The van der Waals surface area contributed by atoms with Crippen molar-refractivity contribution in [1.29, 1.82) is 0 Å². The quantitative estimate of drug-likeness (QED) is 0.470. The second-order valence-corrected chi connectivity index (χ2v) is 4.86. The Labute approximate surface area is 131 Å². The molecule has 0 radical (unpaired) electrons. The number of hydrogen-bond acceptors (Lipinski definition) is 7. The number of halogens is 1. The predicted molar refractivity (Wildman–Crippen MR) is 79.5 cm³/mol. The Hall–Kier alpha value is -2.73. The van der Waals surface area contributed by atoms with Crippen molar-refractivity contribution in [2.75, 3.05) is 19.5 Å². The number of nitrogen functional groups attached to an aromatic ring is 1. The van der Waals surface area contributed by atoms with E-state index < -0.39 is 17.6 Å². The number of imidazole rings is 1. The molecule has 23 heavy (non-hydrogen) atoms. The highest BCUT2D eigenvalue weighted by Gasteiger charge is 2.29. The molecule has 2 N–H and O–H groups in total. The minimum absolute atomic E-state index is 0.0406. The maximum atomic E-state index is 13.3. The molecule has 0 amide bonds. The van der Waals surface area contributed by atoms with Crippen molar-refractivity contribution in [2.24, 2.45) is 0 Å². The van der Waals surface area contributed by atoms with Crippen LogP contribution in [0.2, 0.25) is 0 Å². The average Bonchev–Trinajstić information content (AvgIpc) is 2.91. The number of ether oxygens (including phenoxy) is 2. The van der Waals surface area contributed by atoms with Crippen molar-refractivity contribution < 1.29 is 18.7 Å². The summed E-state index contributed by atoms with van der Waals surface area (Å²) in [5, 5.41) is 0. The van der Waals surface area contributed by atoms with Gasteiger partial charge in [0.2, 0.25) is 0 Å². The van der Waals surface area contributed by atoms with Gasteiger partial charge in [-0.05, 0) is 0 Å². The third-order valence-electron chi connectivity index (χ3n) is 3.38. The largest absolute Gasteiger partial charge is 0.462 e. The molecule has 1 atom stereocenters. The van der Waals surface area contributed by atoms with E-state index in [0.717, 1.165) is 0 Å². The summed E-state index contributed by atoms with van der Waals surface area (Å²) in [5.41, 5.74) is 5.06. The Bertz CT molecular complexity index is 770. The number of carbonyl (C=O) groups excluding carboxylic acids is 1. The fourth-order valence-corrected chi connectivity index (χ4v) is 2.03. The highest BCUT2D eigenvalue weighted by atomic mass is 19.1. The summed E-state index contributed by atoms with van der Waals surface area (Å²) in [5.74, 6) is 1.99.